The molecule has 0 aliphatic heterocycles. The Hall–Kier alpha value is -3.22. The zero-order valence-electron chi connectivity index (χ0n) is 14.5. The van der Waals surface area contributed by atoms with Crippen LogP contribution in [0.4, 0.5) is 10.2 Å². The number of halogens is 1. The SMILES string of the molecule is CN(CCCn1cccn1)c1cc(-c2ccc(F)cc2)nc2ccnn12. The molecule has 0 aliphatic rings. The maximum absolute atomic E-state index is 13.2. The summed E-state index contributed by atoms with van der Waals surface area (Å²) in [5, 5.41) is 8.61. The fraction of sp³-hybridized carbons (Fsp3) is 0.211. The van der Waals surface area contributed by atoms with Crippen molar-refractivity contribution in [3.05, 3.63) is 66.9 Å². The van der Waals surface area contributed by atoms with Crippen LogP contribution in [0, 0.1) is 5.82 Å². The first kappa shape index (κ1) is 16.3. The van der Waals surface area contributed by atoms with E-state index in [0.717, 1.165) is 42.2 Å². The highest BCUT2D eigenvalue weighted by Crippen LogP contribution is 2.24. The Morgan fingerprint density at radius 3 is 2.69 bits per heavy atom. The van der Waals surface area contributed by atoms with Crippen molar-refractivity contribution in [3.8, 4) is 11.3 Å². The van der Waals surface area contributed by atoms with Crippen LogP contribution in [0.5, 0.6) is 0 Å². The molecule has 0 unspecified atom stereocenters. The number of rotatable bonds is 6. The van der Waals surface area contributed by atoms with Crippen LogP contribution in [0.2, 0.25) is 0 Å². The number of hydrogen-bond acceptors (Lipinski definition) is 4. The van der Waals surface area contributed by atoms with Gasteiger partial charge in [0.1, 0.15) is 11.6 Å². The first-order chi connectivity index (χ1) is 12.7. The smallest absolute Gasteiger partial charge is 0.157 e. The van der Waals surface area contributed by atoms with Crippen molar-refractivity contribution in [2.45, 2.75) is 13.0 Å². The second-order valence-corrected chi connectivity index (χ2v) is 6.15. The van der Waals surface area contributed by atoms with E-state index in [0.29, 0.717) is 0 Å². The van der Waals surface area contributed by atoms with E-state index in [9.17, 15) is 4.39 Å². The van der Waals surface area contributed by atoms with E-state index >= 15 is 0 Å². The number of aryl methyl sites for hydroxylation is 1. The third-order valence-electron chi connectivity index (χ3n) is 4.31. The highest BCUT2D eigenvalue weighted by molar-refractivity contribution is 5.66. The normalized spacial score (nSPS) is 11.2. The summed E-state index contributed by atoms with van der Waals surface area (Å²) in [5.74, 6) is 0.690. The largest absolute Gasteiger partial charge is 0.359 e. The van der Waals surface area contributed by atoms with Gasteiger partial charge in [-0.05, 0) is 36.8 Å². The number of hydrogen-bond donors (Lipinski definition) is 0. The molecule has 0 aliphatic carbocycles. The van der Waals surface area contributed by atoms with Crippen LogP contribution in [-0.4, -0.2) is 38.0 Å². The minimum absolute atomic E-state index is 0.254. The number of benzene rings is 1. The lowest BCUT2D eigenvalue weighted by molar-refractivity contribution is 0.576. The average molecular weight is 350 g/mol. The van der Waals surface area contributed by atoms with Gasteiger partial charge in [0.25, 0.3) is 0 Å². The maximum atomic E-state index is 13.2. The molecule has 0 radical (unpaired) electrons. The van der Waals surface area contributed by atoms with Gasteiger partial charge in [0.15, 0.2) is 5.65 Å². The zero-order valence-corrected chi connectivity index (χ0v) is 14.5. The van der Waals surface area contributed by atoms with Gasteiger partial charge in [-0.25, -0.2) is 9.37 Å². The molecule has 0 saturated carbocycles. The predicted molar refractivity (Wildman–Crippen MR) is 98.5 cm³/mol. The van der Waals surface area contributed by atoms with Crippen molar-refractivity contribution >= 4 is 11.5 Å². The van der Waals surface area contributed by atoms with Gasteiger partial charge in [0.05, 0.1) is 11.9 Å². The van der Waals surface area contributed by atoms with Crippen LogP contribution < -0.4 is 4.90 Å². The Morgan fingerprint density at radius 1 is 1.08 bits per heavy atom. The van der Waals surface area contributed by atoms with E-state index in [2.05, 4.69) is 20.1 Å². The standard InChI is InChI=1S/C19H19FN6/c1-24(11-3-13-25-12-2-9-21-25)19-14-17(15-4-6-16(20)7-5-15)23-18-8-10-22-26(18)19/h2,4-10,12,14H,3,11,13H2,1H3. The number of anilines is 1. The molecular formula is C19H19FN6. The lowest BCUT2D eigenvalue weighted by Crippen LogP contribution is -2.23. The number of aromatic nitrogens is 5. The predicted octanol–water partition coefficient (Wildman–Crippen LogP) is 3.26. The van der Waals surface area contributed by atoms with Gasteiger partial charge in [-0.15, -0.1) is 0 Å². The van der Waals surface area contributed by atoms with Crippen LogP contribution in [0.15, 0.2) is 61.1 Å². The van der Waals surface area contributed by atoms with Crippen molar-refractivity contribution in [1.82, 2.24) is 24.4 Å². The van der Waals surface area contributed by atoms with Crippen LogP contribution in [0.3, 0.4) is 0 Å². The lowest BCUT2D eigenvalue weighted by Gasteiger charge is -2.20. The summed E-state index contributed by atoms with van der Waals surface area (Å²) < 4.78 is 17.0. The van der Waals surface area contributed by atoms with Crippen LogP contribution >= 0.6 is 0 Å². The summed E-state index contributed by atoms with van der Waals surface area (Å²) in [6, 6.07) is 12.2. The van der Waals surface area contributed by atoms with Crippen molar-refractivity contribution < 1.29 is 4.39 Å². The molecule has 4 rings (SSSR count). The van der Waals surface area contributed by atoms with Gasteiger partial charge < -0.3 is 4.90 Å². The molecule has 0 amide bonds. The summed E-state index contributed by atoms with van der Waals surface area (Å²) in [5.41, 5.74) is 2.44. The molecule has 0 spiro atoms. The zero-order chi connectivity index (χ0) is 17.9. The summed E-state index contributed by atoms with van der Waals surface area (Å²) in [6.45, 7) is 1.71. The Balaban J connectivity index is 1.60. The summed E-state index contributed by atoms with van der Waals surface area (Å²) in [4.78, 5) is 6.79. The van der Waals surface area contributed by atoms with E-state index in [1.807, 2.05) is 40.6 Å². The van der Waals surface area contributed by atoms with E-state index in [1.54, 1.807) is 24.5 Å². The molecule has 6 nitrogen and oxygen atoms in total. The summed E-state index contributed by atoms with van der Waals surface area (Å²) in [6.07, 6.45) is 6.44. The molecule has 0 atom stereocenters. The van der Waals surface area contributed by atoms with E-state index in [-0.39, 0.29) is 5.82 Å². The third-order valence-corrected chi connectivity index (χ3v) is 4.31. The van der Waals surface area contributed by atoms with Crippen molar-refractivity contribution in [3.63, 3.8) is 0 Å². The van der Waals surface area contributed by atoms with E-state index in [4.69, 9.17) is 0 Å². The van der Waals surface area contributed by atoms with Crippen molar-refractivity contribution in [2.75, 3.05) is 18.5 Å². The van der Waals surface area contributed by atoms with Gasteiger partial charge in [0.2, 0.25) is 0 Å². The fourth-order valence-electron chi connectivity index (χ4n) is 2.95. The Kier molecular flexibility index (Phi) is 4.35. The molecule has 7 heteroatoms. The highest BCUT2D eigenvalue weighted by atomic mass is 19.1. The summed E-state index contributed by atoms with van der Waals surface area (Å²) in [7, 11) is 2.04. The molecule has 0 bridgehead atoms. The van der Waals surface area contributed by atoms with Gasteiger partial charge in [-0.2, -0.15) is 14.7 Å². The minimum atomic E-state index is -0.254. The molecule has 26 heavy (non-hydrogen) atoms. The molecule has 132 valence electrons. The molecule has 4 aromatic rings. The minimum Gasteiger partial charge on any atom is -0.359 e. The van der Waals surface area contributed by atoms with Crippen molar-refractivity contribution in [2.24, 2.45) is 0 Å². The fourth-order valence-corrected chi connectivity index (χ4v) is 2.95. The Labute approximate surface area is 150 Å². The van der Waals surface area contributed by atoms with Gasteiger partial charge in [-0.1, -0.05) is 0 Å². The molecule has 0 saturated heterocycles. The Bertz CT molecular complexity index is 991. The summed E-state index contributed by atoms with van der Waals surface area (Å²) >= 11 is 0. The Morgan fingerprint density at radius 2 is 1.92 bits per heavy atom. The topological polar surface area (TPSA) is 51.2 Å². The molecule has 3 aromatic heterocycles. The molecule has 3 heterocycles. The second kappa shape index (κ2) is 6.95. The average Bonchev–Trinajstić information content (AvgIpc) is 3.33. The third kappa shape index (κ3) is 3.28. The molecular weight excluding hydrogens is 331 g/mol. The molecule has 0 fully saturated rings. The lowest BCUT2D eigenvalue weighted by atomic mass is 10.1. The quantitative estimate of drug-likeness (QED) is 0.536. The first-order valence-electron chi connectivity index (χ1n) is 8.50. The van der Waals surface area contributed by atoms with E-state index in [1.165, 1.54) is 12.1 Å². The van der Waals surface area contributed by atoms with Crippen molar-refractivity contribution in [1.29, 1.82) is 0 Å². The van der Waals surface area contributed by atoms with Crippen LogP contribution in [0.1, 0.15) is 6.42 Å². The molecule has 1 aromatic carbocycles. The second-order valence-electron chi connectivity index (χ2n) is 6.15. The highest BCUT2D eigenvalue weighted by Gasteiger charge is 2.12. The number of nitrogens with zero attached hydrogens (tertiary/aromatic N) is 6. The first-order valence-corrected chi connectivity index (χ1v) is 8.50. The van der Waals surface area contributed by atoms with E-state index < -0.39 is 0 Å². The van der Waals surface area contributed by atoms with Gasteiger partial charge in [-0.3, -0.25) is 4.68 Å². The van der Waals surface area contributed by atoms with Crippen LogP contribution in [0.25, 0.3) is 16.9 Å². The van der Waals surface area contributed by atoms with Crippen LogP contribution in [-0.2, 0) is 6.54 Å². The van der Waals surface area contributed by atoms with Gasteiger partial charge >= 0.3 is 0 Å². The maximum Gasteiger partial charge on any atom is 0.157 e. The number of fused-ring (bicyclic) bond motifs is 1. The molecule has 0 N–H and O–H groups in total. The monoisotopic (exact) mass is 350 g/mol. The van der Waals surface area contributed by atoms with Gasteiger partial charge in [0, 0.05) is 50.2 Å².